The normalized spacial score (nSPS) is 24.0. The molecular formula is C14H25N3S. The molecule has 102 valence electrons. The predicted octanol–water partition coefficient (Wildman–Crippen LogP) is 2.22. The van der Waals surface area contributed by atoms with E-state index in [0.29, 0.717) is 5.41 Å². The van der Waals surface area contributed by atoms with Crippen molar-refractivity contribution in [2.75, 3.05) is 26.2 Å². The molecule has 4 heteroatoms. The molecule has 0 aliphatic carbocycles. The van der Waals surface area contributed by atoms with Crippen LogP contribution < -0.4 is 10.6 Å². The van der Waals surface area contributed by atoms with Crippen LogP contribution in [-0.4, -0.2) is 31.2 Å². The van der Waals surface area contributed by atoms with Gasteiger partial charge in [-0.1, -0.05) is 13.8 Å². The average molecular weight is 267 g/mol. The molecular weight excluding hydrogens is 242 g/mol. The van der Waals surface area contributed by atoms with Crippen LogP contribution in [0.5, 0.6) is 0 Å². The lowest BCUT2D eigenvalue weighted by Gasteiger charge is -2.33. The maximum Gasteiger partial charge on any atom is 0.0897 e. The van der Waals surface area contributed by atoms with E-state index in [0.717, 1.165) is 32.0 Å². The smallest absolute Gasteiger partial charge is 0.0897 e. The molecule has 1 fully saturated rings. The van der Waals surface area contributed by atoms with E-state index >= 15 is 0 Å². The number of hydrogen-bond donors (Lipinski definition) is 2. The summed E-state index contributed by atoms with van der Waals surface area (Å²) >= 11 is 1.74. The van der Waals surface area contributed by atoms with Crippen LogP contribution in [0.2, 0.25) is 0 Å². The number of nitrogens with one attached hydrogen (secondary N) is 2. The standard InChI is InChI=1S/C14H25N3S/c1-11(2)14(5-7-16-10-14)9-15-6-4-13-8-18-12(3)17-13/h8,11,15-16H,4-7,9-10H2,1-3H3. The second-order valence-corrected chi connectivity index (χ2v) is 6.79. The molecule has 1 aliphatic rings. The van der Waals surface area contributed by atoms with Crippen LogP contribution in [0.25, 0.3) is 0 Å². The summed E-state index contributed by atoms with van der Waals surface area (Å²) in [4.78, 5) is 4.50. The fourth-order valence-electron chi connectivity index (χ4n) is 2.69. The molecule has 0 amide bonds. The quantitative estimate of drug-likeness (QED) is 0.776. The molecule has 1 aromatic rings. The lowest BCUT2D eigenvalue weighted by Crippen LogP contribution is -2.40. The third-order valence-corrected chi connectivity index (χ3v) is 5.03. The van der Waals surface area contributed by atoms with Gasteiger partial charge < -0.3 is 10.6 Å². The fourth-order valence-corrected chi connectivity index (χ4v) is 3.33. The van der Waals surface area contributed by atoms with Crippen molar-refractivity contribution in [1.82, 2.24) is 15.6 Å². The van der Waals surface area contributed by atoms with E-state index in [-0.39, 0.29) is 0 Å². The highest BCUT2D eigenvalue weighted by atomic mass is 32.1. The molecule has 1 aromatic heterocycles. The van der Waals surface area contributed by atoms with Gasteiger partial charge in [-0.15, -0.1) is 11.3 Å². The summed E-state index contributed by atoms with van der Waals surface area (Å²) in [6.07, 6.45) is 2.35. The predicted molar refractivity (Wildman–Crippen MR) is 78.2 cm³/mol. The van der Waals surface area contributed by atoms with E-state index in [2.05, 4.69) is 41.8 Å². The number of rotatable bonds is 6. The highest BCUT2D eigenvalue weighted by Crippen LogP contribution is 2.33. The van der Waals surface area contributed by atoms with Gasteiger partial charge in [0.05, 0.1) is 10.7 Å². The van der Waals surface area contributed by atoms with E-state index in [1.54, 1.807) is 11.3 Å². The van der Waals surface area contributed by atoms with Gasteiger partial charge >= 0.3 is 0 Å². The maximum absolute atomic E-state index is 4.50. The Morgan fingerprint density at radius 1 is 1.56 bits per heavy atom. The average Bonchev–Trinajstić information content (AvgIpc) is 2.94. The molecule has 0 spiro atoms. The summed E-state index contributed by atoms with van der Waals surface area (Å²) in [5.41, 5.74) is 1.69. The summed E-state index contributed by atoms with van der Waals surface area (Å²) in [5.74, 6) is 0.738. The van der Waals surface area contributed by atoms with E-state index in [1.165, 1.54) is 23.7 Å². The molecule has 1 unspecified atom stereocenters. The van der Waals surface area contributed by atoms with E-state index in [9.17, 15) is 0 Å². The fraction of sp³-hybridized carbons (Fsp3) is 0.786. The SMILES string of the molecule is Cc1nc(CCNCC2(C(C)C)CCNC2)cs1. The van der Waals surface area contributed by atoms with Crippen LogP contribution in [0.15, 0.2) is 5.38 Å². The monoisotopic (exact) mass is 267 g/mol. The number of nitrogens with zero attached hydrogens (tertiary/aromatic N) is 1. The summed E-state index contributed by atoms with van der Waals surface area (Å²) in [7, 11) is 0. The Kier molecular flexibility index (Phi) is 4.76. The zero-order valence-electron chi connectivity index (χ0n) is 11.8. The first-order chi connectivity index (χ1) is 8.62. The molecule has 2 rings (SSSR count). The van der Waals surface area contributed by atoms with Crippen LogP contribution in [0, 0.1) is 18.3 Å². The van der Waals surface area contributed by atoms with Crippen molar-refractivity contribution in [1.29, 1.82) is 0 Å². The van der Waals surface area contributed by atoms with Gasteiger partial charge in [0, 0.05) is 31.4 Å². The first-order valence-corrected chi connectivity index (χ1v) is 7.83. The molecule has 1 saturated heterocycles. The molecule has 1 aliphatic heterocycles. The maximum atomic E-state index is 4.50. The van der Waals surface area contributed by atoms with Crippen LogP contribution >= 0.6 is 11.3 Å². The Labute approximate surface area is 114 Å². The molecule has 1 atom stereocenters. The number of hydrogen-bond acceptors (Lipinski definition) is 4. The highest BCUT2D eigenvalue weighted by molar-refractivity contribution is 7.09. The van der Waals surface area contributed by atoms with E-state index in [4.69, 9.17) is 0 Å². The molecule has 18 heavy (non-hydrogen) atoms. The lowest BCUT2D eigenvalue weighted by molar-refractivity contribution is 0.209. The van der Waals surface area contributed by atoms with Crippen LogP contribution in [0.1, 0.15) is 31.0 Å². The van der Waals surface area contributed by atoms with Crippen molar-refractivity contribution in [3.05, 3.63) is 16.1 Å². The number of aryl methyl sites for hydroxylation is 1. The second kappa shape index (κ2) is 6.13. The Bertz CT molecular complexity index is 367. The van der Waals surface area contributed by atoms with Crippen molar-refractivity contribution in [3.8, 4) is 0 Å². The third kappa shape index (κ3) is 3.31. The Balaban J connectivity index is 1.74. The van der Waals surface area contributed by atoms with Gasteiger partial charge in [0.15, 0.2) is 0 Å². The van der Waals surface area contributed by atoms with Crippen molar-refractivity contribution in [3.63, 3.8) is 0 Å². The Morgan fingerprint density at radius 3 is 2.94 bits per heavy atom. The molecule has 2 N–H and O–H groups in total. The topological polar surface area (TPSA) is 37.0 Å². The van der Waals surface area contributed by atoms with Crippen LogP contribution in [0.4, 0.5) is 0 Å². The first kappa shape index (κ1) is 14.0. The van der Waals surface area contributed by atoms with Gasteiger partial charge in [-0.05, 0) is 31.2 Å². The molecule has 3 nitrogen and oxygen atoms in total. The largest absolute Gasteiger partial charge is 0.316 e. The lowest BCUT2D eigenvalue weighted by atomic mass is 9.76. The first-order valence-electron chi connectivity index (χ1n) is 6.95. The zero-order chi connectivity index (χ0) is 13.0. The van der Waals surface area contributed by atoms with Gasteiger partial charge in [-0.3, -0.25) is 0 Å². The second-order valence-electron chi connectivity index (χ2n) is 5.73. The number of aromatic nitrogens is 1. The zero-order valence-corrected chi connectivity index (χ0v) is 12.6. The van der Waals surface area contributed by atoms with Crippen molar-refractivity contribution >= 4 is 11.3 Å². The minimum absolute atomic E-state index is 0.456. The van der Waals surface area contributed by atoms with Crippen LogP contribution in [0.3, 0.4) is 0 Å². The van der Waals surface area contributed by atoms with Gasteiger partial charge in [0.2, 0.25) is 0 Å². The third-order valence-electron chi connectivity index (χ3n) is 4.20. The molecule has 0 radical (unpaired) electrons. The van der Waals surface area contributed by atoms with Gasteiger partial charge in [-0.2, -0.15) is 0 Å². The van der Waals surface area contributed by atoms with Crippen molar-refractivity contribution < 1.29 is 0 Å². The molecule has 2 heterocycles. The van der Waals surface area contributed by atoms with Crippen molar-refractivity contribution in [2.45, 2.75) is 33.6 Å². The van der Waals surface area contributed by atoms with E-state index in [1.807, 2.05) is 0 Å². The van der Waals surface area contributed by atoms with E-state index < -0.39 is 0 Å². The number of thiazole rings is 1. The van der Waals surface area contributed by atoms with Crippen molar-refractivity contribution in [2.24, 2.45) is 11.3 Å². The Hall–Kier alpha value is -0.450. The van der Waals surface area contributed by atoms with Crippen LogP contribution in [-0.2, 0) is 6.42 Å². The molecule has 0 bridgehead atoms. The minimum Gasteiger partial charge on any atom is -0.316 e. The summed E-state index contributed by atoms with van der Waals surface area (Å²) < 4.78 is 0. The van der Waals surface area contributed by atoms with Gasteiger partial charge in [0.1, 0.15) is 0 Å². The Morgan fingerprint density at radius 2 is 2.39 bits per heavy atom. The van der Waals surface area contributed by atoms with Gasteiger partial charge in [0.25, 0.3) is 0 Å². The summed E-state index contributed by atoms with van der Waals surface area (Å²) in [6, 6.07) is 0. The summed E-state index contributed by atoms with van der Waals surface area (Å²) in [5, 5.41) is 10.5. The minimum atomic E-state index is 0.456. The van der Waals surface area contributed by atoms with Gasteiger partial charge in [-0.25, -0.2) is 4.98 Å². The highest BCUT2D eigenvalue weighted by Gasteiger charge is 2.36. The molecule has 0 aromatic carbocycles. The molecule has 0 saturated carbocycles. The summed E-state index contributed by atoms with van der Waals surface area (Å²) in [6.45, 7) is 11.3.